The summed E-state index contributed by atoms with van der Waals surface area (Å²) in [7, 11) is 0. The number of carbonyl (C=O) groups excluding carboxylic acids is 2. The molecule has 1 heterocycles. The number of amides is 2. The molecule has 1 aromatic rings. The van der Waals surface area contributed by atoms with Crippen LogP contribution in [0.4, 0.5) is 0 Å². The van der Waals surface area contributed by atoms with Gasteiger partial charge < -0.3 is 15.0 Å². The second kappa shape index (κ2) is 11.3. The smallest absolute Gasteiger partial charge is 0.233 e. The molecule has 0 aromatic carbocycles. The molecule has 1 aliphatic rings. The lowest BCUT2D eigenvalue weighted by Gasteiger charge is -2.27. The Labute approximate surface area is 173 Å². The first-order valence-electron chi connectivity index (χ1n) is 10.6. The molecule has 1 saturated carbocycles. The van der Waals surface area contributed by atoms with E-state index in [2.05, 4.69) is 29.1 Å². The van der Waals surface area contributed by atoms with Crippen molar-refractivity contribution >= 4 is 12.3 Å². The monoisotopic (exact) mass is 408 g/mol. The molecule has 0 radical (unpaired) electrons. The van der Waals surface area contributed by atoms with Gasteiger partial charge in [0.2, 0.25) is 12.3 Å². The van der Waals surface area contributed by atoms with Gasteiger partial charge in [0, 0.05) is 26.0 Å². The van der Waals surface area contributed by atoms with Crippen molar-refractivity contribution in [3.05, 3.63) is 17.7 Å². The number of nitrogens with zero attached hydrogens (tertiary/aromatic N) is 2. The van der Waals surface area contributed by atoms with Crippen LogP contribution in [-0.4, -0.2) is 52.3 Å². The van der Waals surface area contributed by atoms with Crippen LogP contribution in [0, 0.1) is 17.3 Å². The molecular weight excluding hydrogens is 372 g/mol. The first kappa shape index (κ1) is 23.3. The zero-order chi connectivity index (χ0) is 21.3. The molecule has 0 aliphatic heterocycles. The molecule has 164 valence electrons. The minimum atomic E-state index is -0.162. The first-order valence-corrected chi connectivity index (χ1v) is 10.6. The average molecular weight is 409 g/mol. The molecule has 29 heavy (non-hydrogen) atoms. The fraction of sp³-hybridized carbons (Fsp3) is 0.762. The molecule has 3 N–H and O–H groups in total. The molecule has 1 atom stereocenters. The number of hydrogen-bond donors (Lipinski definition) is 3. The average Bonchev–Trinajstić information content (AvgIpc) is 3.36. The number of nitrogens with one attached hydrogen (secondary N) is 2. The first-order chi connectivity index (χ1) is 13.8. The van der Waals surface area contributed by atoms with Crippen LogP contribution in [0.5, 0.6) is 0 Å². The fourth-order valence-electron chi connectivity index (χ4n) is 4.04. The van der Waals surface area contributed by atoms with Crippen LogP contribution in [0.1, 0.15) is 64.4 Å². The highest BCUT2D eigenvalue weighted by Gasteiger charge is 2.29. The maximum absolute atomic E-state index is 12.6. The Kier molecular flexibility index (Phi) is 9.10. The van der Waals surface area contributed by atoms with Gasteiger partial charge in [0.05, 0.1) is 25.0 Å². The van der Waals surface area contributed by atoms with Gasteiger partial charge in [0.15, 0.2) is 0 Å². The Bertz CT molecular complexity index is 640. The van der Waals surface area contributed by atoms with Gasteiger partial charge in [-0.1, -0.05) is 39.5 Å². The second-order valence-electron chi connectivity index (χ2n) is 8.85. The van der Waals surface area contributed by atoms with Gasteiger partial charge in [-0.3, -0.25) is 14.8 Å². The van der Waals surface area contributed by atoms with Crippen LogP contribution in [0.15, 0.2) is 6.20 Å². The zero-order valence-electron chi connectivity index (χ0n) is 17.9. The lowest BCUT2D eigenvalue weighted by Crippen LogP contribution is -2.38. The molecule has 2 amide bonds. The molecule has 0 spiro atoms. The van der Waals surface area contributed by atoms with Crippen molar-refractivity contribution in [1.29, 1.82) is 0 Å². The Morgan fingerprint density at radius 1 is 1.48 bits per heavy atom. The molecule has 1 unspecified atom stereocenters. The maximum atomic E-state index is 12.6. The number of H-pyrrole nitrogens is 1. The Balaban J connectivity index is 1.83. The Morgan fingerprint density at radius 3 is 2.86 bits per heavy atom. The van der Waals surface area contributed by atoms with Crippen LogP contribution in [0.2, 0.25) is 0 Å². The van der Waals surface area contributed by atoms with Gasteiger partial charge in [-0.05, 0) is 24.2 Å². The third-order valence-electron chi connectivity index (χ3n) is 5.61. The largest absolute Gasteiger partial charge is 0.375 e. The molecule has 2 rings (SSSR count). The molecule has 0 bridgehead atoms. The van der Waals surface area contributed by atoms with Gasteiger partial charge >= 0.3 is 0 Å². The molecule has 1 fully saturated rings. The summed E-state index contributed by atoms with van der Waals surface area (Å²) in [5.41, 5.74) is 0.787. The van der Waals surface area contributed by atoms with Crippen molar-refractivity contribution in [2.24, 2.45) is 17.3 Å². The van der Waals surface area contributed by atoms with Gasteiger partial charge in [0.25, 0.3) is 0 Å². The summed E-state index contributed by atoms with van der Waals surface area (Å²) in [4.78, 5) is 31.0. The molecule has 1 aliphatic carbocycles. The highest BCUT2D eigenvalue weighted by Crippen LogP contribution is 2.33. The van der Waals surface area contributed by atoms with Gasteiger partial charge in [0.1, 0.15) is 5.82 Å². The molecular formula is C21H36N4O4. The third kappa shape index (κ3) is 8.14. The highest BCUT2D eigenvalue weighted by atomic mass is 16.5. The summed E-state index contributed by atoms with van der Waals surface area (Å²) >= 11 is 0. The Morgan fingerprint density at radius 2 is 2.21 bits per heavy atom. The summed E-state index contributed by atoms with van der Waals surface area (Å²) in [5.74, 6) is 1.22. The maximum Gasteiger partial charge on any atom is 0.233 e. The minimum Gasteiger partial charge on any atom is -0.375 e. The standard InChI is InChI=1S/C21H36N4O4/c1-4-29-13-18-11-22-19(24-18)10-21(2,3)14-23-20(27)9-17(12-25(28)15-26)16-7-5-6-8-16/h11,15-17,28H,4-10,12-14H2,1-3H3,(H,22,24)(H,23,27). The van der Waals surface area contributed by atoms with Crippen molar-refractivity contribution in [3.8, 4) is 0 Å². The van der Waals surface area contributed by atoms with Gasteiger partial charge in [-0.2, -0.15) is 0 Å². The summed E-state index contributed by atoms with van der Waals surface area (Å²) < 4.78 is 5.39. The minimum absolute atomic E-state index is 0.0120. The van der Waals surface area contributed by atoms with Crippen molar-refractivity contribution in [3.63, 3.8) is 0 Å². The number of aromatic amines is 1. The lowest BCUT2D eigenvalue weighted by atomic mass is 9.86. The topological polar surface area (TPSA) is 108 Å². The summed E-state index contributed by atoms with van der Waals surface area (Å²) in [6.45, 7) is 8.06. The van der Waals surface area contributed by atoms with Gasteiger partial charge in [-0.15, -0.1) is 0 Å². The number of rotatable bonds is 13. The van der Waals surface area contributed by atoms with E-state index in [1.54, 1.807) is 6.20 Å². The van der Waals surface area contributed by atoms with Crippen molar-refractivity contribution in [2.75, 3.05) is 19.7 Å². The number of hydrogen-bond acceptors (Lipinski definition) is 5. The normalized spacial score (nSPS) is 16.0. The van der Waals surface area contributed by atoms with Crippen LogP contribution >= 0.6 is 0 Å². The quantitative estimate of drug-likeness (QED) is 0.264. The molecule has 0 saturated heterocycles. The van der Waals surface area contributed by atoms with Crippen molar-refractivity contribution in [2.45, 2.75) is 65.9 Å². The fourth-order valence-corrected chi connectivity index (χ4v) is 4.04. The van der Waals surface area contributed by atoms with E-state index >= 15 is 0 Å². The number of ether oxygens (including phenoxy) is 1. The van der Waals surface area contributed by atoms with E-state index in [1.165, 1.54) is 0 Å². The summed E-state index contributed by atoms with van der Waals surface area (Å²) in [6.07, 6.45) is 7.64. The van der Waals surface area contributed by atoms with Crippen LogP contribution in [0.25, 0.3) is 0 Å². The molecule has 1 aromatic heterocycles. The SMILES string of the molecule is CCOCc1cnc(CC(C)(C)CNC(=O)CC(CN(O)C=O)C2CCCC2)[nH]1. The van der Waals surface area contributed by atoms with E-state index in [1.807, 2.05) is 6.92 Å². The molecule has 8 nitrogen and oxygen atoms in total. The van der Waals surface area contributed by atoms with Crippen LogP contribution < -0.4 is 5.32 Å². The third-order valence-corrected chi connectivity index (χ3v) is 5.61. The summed E-state index contributed by atoms with van der Waals surface area (Å²) in [5, 5.41) is 13.3. The van der Waals surface area contributed by atoms with Crippen molar-refractivity contribution < 1.29 is 19.5 Å². The van der Waals surface area contributed by atoms with Crippen molar-refractivity contribution in [1.82, 2.24) is 20.3 Å². The van der Waals surface area contributed by atoms with E-state index in [0.717, 1.165) is 37.2 Å². The van der Waals surface area contributed by atoms with Crippen LogP contribution in [-0.2, 0) is 27.4 Å². The number of hydroxylamine groups is 2. The zero-order valence-corrected chi connectivity index (χ0v) is 17.9. The van der Waals surface area contributed by atoms with E-state index in [-0.39, 0.29) is 23.8 Å². The number of aromatic nitrogens is 2. The molecule has 8 heteroatoms. The number of carbonyl (C=O) groups is 2. The number of imidazole rings is 1. The van der Waals surface area contributed by atoms with E-state index in [9.17, 15) is 14.8 Å². The van der Waals surface area contributed by atoms with E-state index < -0.39 is 0 Å². The van der Waals surface area contributed by atoms with Crippen LogP contribution in [0.3, 0.4) is 0 Å². The predicted octanol–water partition coefficient (Wildman–Crippen LogP) is 2.68. The lowest BCUT2D eigenvalue weighted by molar-refractivity contribution is -0.154. The predicted molar refractivity (Wildman–Crippen MR) is 109 cm³/mol. The second-order valence-corrected chi connectivity index (χ2v) is 8.85. The van der Waals surface area contributed by atoms with Gasteiger partial charge in [-0.25, -0.2) is 10.0 Å². The summed E-state index contributed by atoms with van der Waals surface area (Å²) in [6, 6.07) is 0. The Hall–Kier alpha value is -1.93. The van der Waals surface area contributed by atoms with E-state index in [4.69, 9.17) is 4.74 Å². The highest BCUT2D eigenvalue weighted by molar-refractivity contribution is 5.76. The van der Waals surface area contributed by atoms with E-state index in [0.29, 0.717) is 50.0 Å².